The van der Waals surface area contributed by atoms with Crippen LogP contribution in [-0.2, 0) is 6.54 Å². The number of likely N-dealkylation sites (tertiary alicyclic amines) is 1. The minimum Gasteiger partial charge on any atom is -0.410 e. The number of nitro groups is 1. The molecule has 0 aromatic heterocycles. The number of hydrogen-bond acceptors (Lipinski definition) is 5. The predicted octanol–water partition coefficient (Wildman–Crippen LogP) is 3.99. The molecule has 1 saturated heterocycles. The normalized spacial score (nSPS) is 15.1. The molecular weight excluding hydrogens is 358 g/mol. The molecule has 0 atom stereocenters. The number of ether oxygens (including phenoxy) is 1. The summed E-state index contributed by atoms with van der Waals surface area (Å²) in [6.07, 6.45) is 2.65. The number of carbonyl (C=O) groups excluding carboxylic acids is 1. The summed E-state index contributed by atoms with van der Waals surface area (Å²) in [5, 5.41) is 13.4. The number of non-ortho nitro benzene ring substituents is 1. The van der Waals surface area contributed by atoms with E-state index in [2.05, 4.69) is 34.5 Å². The van der Waals surface area contributed by atoms with Gasteiger partial charge in [-0.15, -0.1) is 0 Å². The fourth-order valence-corrected chi connectivity index (χ4v) is 3.43. The third-order valence-electron chi connectivity index (χ3n) is 5.04. The SMILES string of the molecule is O=C(NCCC1CCN(Cc2ccccc2)CC1)Oc1ccc([N+](=O)[O-])cc1. The zero-order chi connectivity index (χ0) is 19.8. The Balaban J connectivity index is 1.32. The van der Waals surface area contributed by atoms with Crippen LogP contribution in [0.5, 0.6) is 5.75 Å². The molecule has 2 aromatic rings. The summed E-state index contributed by atoms with van der Waals surface area (Å²) in [5.74, 6) is 0.893. The Hall–Kier alpha value is -2.93. The van der Waals surface area contributed by atoms with Crippen LogP contribution in [0.4, 0.5) is 10.5 Å². The highest BCUT2D eigenvalue weighted by Crippen LogP contribution is 2.21. The first-order valence-corrected chi connectivity index (χ1v) is 9.56. The van der Waals surface area contributed by atoms with Gasteiger partial charge in [-0.2, -0.15) is 0 Å². The summed E-state index contributed by atoms with van der Waals surface area (Å²) in [6.45, 7) is 3.71. The van der Waals surface area contributed by atoms with E-state index in [9.17, 15) is 14.9 Å². The average Bonchev–Trinajstić information content (AvgIpc) is 2.70. The summed E-state index contributed by atoms with van der Waals surface area (Å²) >= 11 is 0. The topological polar surface area (TPSA) is 84.7 Å². The number of rotatable bonds is 7. The third-order valence-corrected chi connectivity index (χ3v) is 5.04. The Labute approximate surface area is 164 Å². The predicted molar refractivity (Wildman–Crippen MR) is 106 cm³/mol. The fourth-order valence-electron chi connectivity index (χ4n) is 3.43. The second-order valence-corrected chi connectivity index (χ2v) is 7.06. The van der Waals surface area contributed by atoms with Gasteiger partial charge in [0.15, 0.2) is 0 Å². The van der Waals surface area contributed by atoms with Crippen LogP contribution in [0, 0.1) is 16.0 Å². The number of benzene rings is 2. The molecule has 1 amide bonds. The number of amides is 1. The van der Waals surface area contributed by atoms with Crippen molar-refractivity contribution in [3.05, 3.63) is 70.3 Å². The minimum absolute atomic E-state index is 0.0358. The van der Waals surface area contributed by atoms with Crippen molar-refractivity contribution in [3.8, 4) is 5.75 Å². The first-order valence-electron chi connectivity index (χ1n) is 9.56. The Kier molecular flexibility index (Phi) is 6.97. The molecule has 1 N–H and O–H groups in total. The molecule has 7 heteroatoms. The Morgan fingerprint density at radius 3 is 2.43 bits per heavy atom. The molecule has 3 rings (SSSR count). The lowest BCUT2D eigenvalue weighted by Crippen LogP contribution is -2.35. The highest BCUT2D eigenvalue weighted by atomic mass is 16.6. The molecule has 0 aliphatic carbocycles. The monoisotopic (exact) mass is 383 g/mol. The van der Waals surface area contributed by atoms with Crippen molar-refractivity contribution in [3.63, 3.8) is 0 Å². The van der Waals surface area contributed by atoms with Gasteiger partial charge in [-0.25, -0.2) is 4.79 Å². The maximum absolute atomic E-state index is 11.9. The summed E-state index contributed by atoms with van der Waals surface area (Å²) in [6, 6.07) is 16.0. The van der Waals surface area contributed by atoms with Crippen molar-refractivity contribution in [2.45, 2.75) is 25.8 Å². The maximum Gasteiger partial charge on any atom is 0.412 e. The highest BCUT2D eigenvalue weighted by Gasteiger charge is 2.19. The number of piperidine rings is 1. The van der Waals surface area contributed by atoms with Gasteiger partial charge in [0.05, 0.1) is 4.92 Å². The van der Waals surface area contributed by atoms with E-state index < -0.39 is 11.0 Å². The fraction of sp³-hybridized carbons (Fsp3) is 0.381. The molecule has 0 spiro atoms. The largest absolute Gasteiger partial charge is 0.412 e. The number of nitrogens with zero attached hydrogens (tertiary/aromatic N) is 2. The van der Waals surface area contributed by atoms with Crippen molar-refractivity contribution >= 4 is 11.8 Å². The molecule has 0 saturated carbocycles. The molecule has 0 radical (unpaired) electrons. The summed E-state index contributed by atoms with van der Waals surface area (Å²) < 4.78 is 5.14. The number of nitro benzene ring substituents is 1. The van der Waals surface area contributed by atoms with Crippen molar-refractivity contribution in [1.29, 1.82) is 0 Å². The van der Waals surface area contributed by atoms with Crippen LogP contribution in [0.25, 0.3) is 0 Å². The van der Waals surface area contributed by atoms with Crippen LogP contribution in [-0.4, -0.2) is 35.6 Å². The number of nitrogens with one attached hydrogen (secondary N) is 1. The molecule has 0 bridgehead atoms. The third kappa shape index (κ3) is 6.06. The van der Waals surface area contributed by atoms with E-state index in [-0.39, 0.29) is 11.4 Å². The van der Waals surface area contributed by atoms with Crippen LogP contribution in [0.1, 0.15) is 24.8 Å². The van der Waals surface area contributed by atoms with E-state index in [4.69, 9.17) is 4.74 Å². The molecule has 2 aromatic carbocycles. The summed E-state index contributed by atoms with van der Waals surface area (Å²) in [4.78, 5) is 24.5. The quantitative estimate of drug-likeness (QED) is 0.577. The number of hydrogen-bond donors (Lipinski definition) is 1. The van der Waals surface area contributed by atoms with E-state index in [1.165, 1.54) is 29.8 Å². The zero-order valence-corrected chi connectivity index (χ0v) is 15.8. The van der Waals surface area contributed by atoms with Crippen LogP contribution >= 0.6 is 0 Å². The molecule has 1 aliphatic rings. The molecule has 1 heterocycles. The lowest BCUT2D eigenvalue weighted by atomic mass is 9.93. The van der Waals surface area contributed by atoms with E-state index in [0.717, 1.165) is 38.9 Å². The van der Waals surface area contributed by atoms with Gasteiger partial charge >= 0.3 is 6.09 Å². The standard InChI is InChI=1S/C21H25N3O4/c25-21(28-20-8-6-19(7-9-20)24(26)27)22-13-10-17-11-14-23(15-12-17)16-18-4-2-1-3-5-18/h1-9,17H,10-16H2,(H,22,25). The Bertz CT molecular complexity index is 772. The van der Waals surface area contributed by atoms with Gasteiger partial charge in [-0.1, -0.05) is 30.3 Å². The molecule has 0 unspecified atom stereocenters. The zero-order valence-electron chi connectivity index (χ0n) is 15.8. The van der Waals surface area contributed by atoms with Crippen LogP contribution in [0.3, 0.4) is 0 Å². The Morgan fingerprint density at radius 2 is 1.79 bits per heavy atom. The van der Waals surface area contributed by atoms with Crippen LogP contribution in [0.2, 0.25) is 0 Å². The maximum atomic E-state index is 11.9. The highest BCUT2D eigenvalue weighted by molar-refractivity contribution is 5.70. The smallest absolute Gasteiger partial charge is 0.410 e. The second kappa shape index (κ2) is 9.85. The molecular formula is C21H25N3O4. The van der Waals surface area contributed by atoms with Crippen LogP contribution in [0.15, 0.2) is 54.6 Å². The van der Waals surface area contributed by atoms with Crippen molar-refractivity contribution in [2.75, 3.05) is 19.6 Å². The van der Waals surface area contributed by atoms with Gasteiger partial charge < -0.3 is 10.1 Å². The summed E-state index contributed by atoms with van der Waals surface area (Å²) in [7, 11) is 0. The van der Waals surface area contributed by atoms with E-state index in [1.807, 2.05) is 6.07 Å². The lowest BCUT2D eigenvalue weighted by molar-refractivity contribution is -0.384. The van der Waals surface area contributed by atoms with Gasteiger partial charge in [0.2, 0.25) is 0 Å². The van der Waals surface area contributed by atoms with Gasteiger partial charge in [0, 0.05) is 25.2 Å². The van der Waals surface area contributed by atoms with E-state index >= 15 is 0 Å². The van der Waals surface area contributed by atoms with Gasteiger partial charge in [0.25, 0.3) is 5.69 Å². The molecule has 148 valence electrons. The van der Waals surface area contributed by atoms with Gasteiger partial charge in [-0.05, 0) is 56.0 Å². The van der Waals surface area contributed by atoms with Crippen molar-refractivity contribution in [1.82, 2.24) is 10.2 Å². The van der Waals surface area contributed by atoms with Crippen LogP contribution < -0.4 is 10.1 Å². The number of carbonyl (C=O) groups is 1. The first kappa shape index (κ1) is 19.8. The minimum atomic E-state index is -0.532. The van der Waals surface area contributed by atoms with E-state index in [0.29, 0.717) is 12.5 Å². The average molecular weight is 383 g/mol. The van der Waals surface area contributed by atoms with E-state index in [1.54, 1.807) is 0 Å². The van der Waals surface area contributed by atoms with Gasteiger partial charge in [0.1, 0.15) is 5.75 Å². The second-order valence-electron chi connectivity index (χ2n) is 7.06. The van der Waals surface area contributed by atoms with Crippen molar-refractivity contribution in [2.24, 2.45) is 5.92 Å². The van der Waals surface area contributed by atoms with Crippen molar-refractivity contribution < 1.29 is 14.5 Å². The molecule has 1 aliphatic heterocycles. The molecule has 1 fully saturated rings. The summed E-state index contributed by atoms with van der Waals surface area (Å²) in [5.41, 5.74) is 1.31. The lowest BCUT2D eigenvalue weighted by Gasteiger charge is -2.32. The molecule has 7 nitrogen and oxygen atoms in total. The first-order chi connectivity index (χ1) is 13.6. The van der Waals surface area contributed by atoms with Gasteiger partial charge in [-0.3, -0.25) is 15.0 Å². The molecule has 28 heavy (non-hydrogen) atoms. The Morgan fingerprint density at radius 1 is 1.11 bits per heavy atom.